The van der Waals surface area contributed by atoms with Crippen molar-refractivity contribution in [2.24, 2.45) is 5.73 Å². The molecule has 0 radical (unpaired) electrons. The normalized spacial score (nSPS) is 11.6. The quantitative estimate of drug-likeness (QED) is 0.862. The second kappa shape index (κ2) is 7.95. The zero-order valence-corrected chi connectivity index (χ0v) is 11.8. The van der Waals surface area contributed by atoms with E-state index in [1.165, 1.54) is 0 Å². The fourth-order valence-electron chi connectivity index (χ4n) is 1.49. The van der Waals surface area contributed by atoms with Gasteiger partial charge in [0.25, 0.3) is 0 Å². The first kappa shape index (κ1) is 16.7. The molecule has 1 aromatic rings. The van der Waals surface area contributed by atoms with E-state index in [1.54, 1.807) is 0 Å². The van der Waals surface area contributed by atoms with Crippen molar-refractivity contribution >= 4 is 18.3 Å². The minimum absolute atomic E-state index is 0. The number of amides is 1. The topological polar surface area (TPSA) is 64.3 Å². The van der Waals surface area contributed by atoms with Gasteiger partial charge in [0.2, 0.25) is 5.91 Å². The lowest BCUT2D eigenvalue weighted by Gasteiger charge is -2.15. The van der Waals surface area contributed by atoms with Gasteiger partial charge in [-0.15, -0.1) is 12.4 Å². The standard InChI is InChI=1S/C13H20N2O2.ClH/c1-9(2)17-12-6-4-11(5-7-12)10(3)15-13(16)8-14;/h4-7,9-10H,8,14H2,1-3H3,(H,15,16);1H. The highest BCUT2D eigenvalue weighted by Gasteiger charge is 2.08. The Balaban J connectivity index is 0.00000289. The molecule has 0 aromatic heterocycles. The van der Waals surface area contributed by atoms with Crippen LogP contribution in [0.2, 0.25) is 0 Å². The van der Waals surface area contributed by atoms with Crippen LogP contribution in [0.1, 0.15) is 32.4 Å². The van der Waals surface area contributed by atoms with Gasteiger partial charge in [-0.05, 0) is 38.5 Å². The molecule has 3 N–H and O–H groups in total. The van der Waals surface area contributed by atoms with Crippen LogP contribution in [0.4, 0.5) is 0 Å². The zero-order valence-electron chi connectivity index (χ0n) is 11.0. The second-order valence-corrected chi connectivity index (χ2v) is 4.23. The fourth-order valence-corrected chi connectivity index (χ4v) is 1.49. The molecule has 0 aliphatic rings. The van der Waals surface area contributed by atoms with Crippen molar-refractivity contribution in [2.75, 3.05) is 6.54 Å². The Bertz CT molecular complexity index is 366. The van der Waals surface area contributed by atoms with E-state index in [0.717, 1.165) is 11.3 Å². The highest BCUT2D eigenvalue weighted by Crippen LogP contribution is 2.18. The summed E-state index contributed by atoms with van der Waals surface area (Å²) in [6, 6.07) is 7.65. The van der Waals surface area contributed by atoms with Crippen molar-refractivity contribution in [1.82, 2.24) is 5.32 Å². The van der Waals surface area contributed by atoms with Gasteiger partial charge < -0.3 is 15.8 Å². The van der Waals surface area contributed by atoms with Crippen LogP contribution in [0.25, 0.3) is 0 Å². The Morgan fingerprint density at radius 2 is 1.83 bits per heavy atom. The first-order chi connectivity index (χ1) is 8.02. The van der Waals surface area contributed by atoms with Crippen LogP contribution in [0.5, 0.6) is 5.75 Å². The number of rotatable bonds is 5. The molecule has 0 bridgehead atoms. The van der Waals surface area contributed by atoms with E-state index >= 15 is 0 Å². The Hall–Kier alpha value is -1.26. The number of ether oxygens (including phenoxy) is 1. The van der Waals surface area contributed by atoms with Gasteiger partial charge in [0, 0.05) is 0 Å². The van der Waals surface area contributed by atoms with Crippen molar-refractivity contribution in [3.05, 3.63) is 29.8 Å². The molecule has 0 spiro atoms. The monoisotopic (exact) mass is 272 g/mol. The summed E-state index contributed by atoms with van der Waals surface area (Å²) in [5.41, 5.74) is 6.28. The minimum Gasteiger partial charge on any atom is -0.491 e. The smallest absolute Gasteiger partial charge is 0.234 e. The molecule has 0 aliphatic heterocycles. The largest absolute Gasteiger partial charge is 0.491 e. The zero-order chi connectivity index (χ0) is 12.8. The Morgan fingerprint density at radius 3 is 2.28 bits per heavy atom. The maximum absolute atomic E-state index is 11.1. The molecule has 1 unspecified atom stereocenters. The molecular formula is C13H21ClN2O2. The molecule has 1 rings (SSSR count). The Morgan fingerprint density at radius 1 is 1.28 bits per heavy atom. The fraction of sp³-hybridized carbons (Fsp3) is 0.462. The molecule has 0 aliphatic carbocycles. The maximum Gasteiger partial charge on any atom is 0.234 e. The molecule has 18 heavy (non-hydrogen) atoms. The summed E-state index contributed by atoms with van der Waals surface area (Å²) >= 11 is 0. The van der Waals surface area contributed by atoms with Gasteiger partial charge in [-0.1, -0.05) is 12.1 Å². The lowest BCUT2D eigenvalue weighted by atomic mass is 10.1. The Labute approximate surface area is 114 Å². The van der Waals surface area contributed by atoms with Crippen molar-refractivity contribution < 1.29 is 9.53 Å². The van der Waals surface area contributed by atoms with Crippen LogP contribution in [0.3, 0.4) is 0 Å². The first-order valence-electron chi connectivity index (χ1n) is 5.79. The third-order valence-corrected chi connectivity index (χ3v) is 2.31. The van der Waals surface area contributed by atoms with Crippen LogP contribution in [0, 0.1) is 0 Å². The van der Waals surface area contributed by atoms with Gasteiger partial charge in [-0.25, -0.2) is 0 Å². The van der Waals surface area contributed by atoms with Gasteiger partial charge in [-0.3, -0.25) is 4.79 Å². The lowest BCUT2D eigenvalue weighted by Crippen LogP contribution is -2.32. The lowest BCUT2D eigenvalue weighted by molar-refractivity contribution is -0.120. The van der Waals surface area contributed by atoms with E-state index in [2.05, 4.69) is 5.32 Å². The summed E-state index contributed by atoms with van der Waals surface area (Å²) < 4.78 is 5.54. The predicted molar refractivity (Wildman–Crippen MR) is 75.1 cm³/mol. The van der Waals surface area contributed by atoms with Crippen molar-refractivity contribution in [2.45, 2.75) is 32.9 Å². The summed E-state index contributed by atoms with van der Waals surface area (Å²) in [6.45, 7) is 5.90. The molecule has 0 fully saturated rings. The average Bonchev–Trinajstić information content (AvgIpc) is 2.28. The van der Waals surface area contributed by atoms with Crippen LogP contribution >= 0.6 is 12.4 Å². The number of hydrogen-bond acceptors (Lipinski definition) is 3. The molecule has 1 aromatic carbocycles. The molecule has 0 saturated carbocycles. The number of nitrogens with two attached hydrogens (primary N) is 1. The molecule has 1 atom stereocenters. The van der Waals surface area contributed by atoms with Crippen LogP contribution in [-0.2, 0) is 4.79 Å². The predicted octanol–water partition coefficient (Wildman–Crippen LogP) is 2.03. The van der Waals surface area contributed by atoms with Crippen molar-refractivity contribution in [1.29, 1.82) is 0 Å². The average molecular weight is 273 g/mol. The van der Waals surface area contributed by atoms with Crippen LogP contribution in [0.15, 0.2) is 24.3 Å². The summed E-state index contributed by atoms with van der Waals surface area (Å²) in [5, 5.41) is 2.80. The van der Waals surface area contributed by atoms with E-state index in [9.17, 15) is 4.79 Å². The second-order valence-electron chi connectivity index (χ2n) is 4.23. The molecule has 0 heterocycles. The summed E-state index contributed by atoms with van der Waals surface area (Å²) in [6.07, 6.45) is 0.162. The van der Waals surface area contributed by atoms with Crippen molar-refractivity contribution in [3.63, 3.8) is 0 Å². The van der Waals surface area contributed by atoms with E-state index in [-0.39, 0.29) is 37.0 Å². The molecule has 1 amide bonds. The van der Waals surface area contributed by atoms with E-state index in [4.69, 9.17) is 10.5 Å². The third-order valence-electron chi connectivity index (χ3n) is 2.31. The highest BCUT2D eigenvalue weighted by molar-refractivity contribution is 5.85. The summed E-state index contributed by atoms with van der Waals surface area (Å²) in [4.78, 5) is 11.1. The summed E-state index contributed by atoms with van der Waals surface area (Å²) in [7, 11) is 0. The molecule has 4 nitrogen and oxygen atoms in total. The molecular weight excluding hydrogens is 252 g/mol. The van der Waals surface area contributed by atoms with Crippen molar-refractivity contribution in [3.8, 4) is 5.75 Å². The number of hydrogen-bond donors (Lipinski definition) is 2. The van der Waals surface area contributed by atoms with E-state index in [1.807, 2.05) is 45.0 Å². The maximum atomic E-state index is 11.1. The number of benzene rings is 1. The van der Waals surface area contributed by atoms with Crippen LogP contribution < -0.4 is 15.8 Å². The summed E-state index contributed by atoms with van der Waals surface area (Å²) in [5.74, 6) is 0.682. The van der Waals surface area contributed by atoms with Crippen LogP contribution in [-0.4, -0.2) is 18.6 Å². The molecule has 0 saturated heterocycles. The number of nitrogens with one attached hydrogen (secondary N) is 1. The van der Waals surface area contributed by atoms with Gasteiger partial charge in [-0.2, -0.15) is 0 Å². The van der Waals surface area contributed by atoms with E-state index in [0.29, 0.717) is 0 Å². The van der Waals surface area contributed by atoms with Gasteiger partial charge >= 0.3 is 0 Å². The first-order valence-corrected chi connectivity index (χ1v) is 5.79. The number of halogens is 1. The van der Waals surface area contributed by atoms with Gasteiger partial charge in [0.15, 0.2) is 0 Å². The SMILES string of the molecule is CC(C)Oc1ccc(C(C)NC(=O)CN)cc1.Cl. The van der Waals surface area contributed by atoms with Gasteiger partial charge in [0.1, 0.15) is 5.75 Å². The molecule has 5 heteroatoms. The third kappa shape index (κ3) is 5.38. The van der Waals surface area contributed by atoms with Gasteiger partial charge in [0.05, 0.1) is 18.7 Å². The Kier molecular flexibility index (Phi) is 7.39. The highest BCUT2D eigenvalue weighted by atomic mass is 35.5. The number of carbonyl (C=O) groups excluding carboxylic acids is 1. The molecule has 102 valence electrons. The van der Waals surface area contributed by atoms with E-state index < -0.39 is 0 Å². The minimum atomic E-state index is -0.153. The number of carbonyl (C=O) groups is 1.